The predicted octanol–water partition coefficient (Wildman–Crippen LogP) is 3.64. The molecule has 1 unspecified atom stereocenters. The molecule has 4 heteroatoms. The molecule has 2 aromatic rings. The minimum Gasteiger partial charge on any atom is -0.376 e. The molecule has 4 nitrogen and oxygen atoms in total. The summed E-state index contributed by atoms with van der Waals surface area (Å²) in [5.74, 6) is 0.738. The number of nitrogens with zero attached hydrogens (tertiary/aromatic N) is 2. The molecular weight excluding hydrogens is 298 g/mol. The van der Waals surface area contributed by atoms with Crippen LogP contribution < -0.4 is 0 Å². The Morgan fingerprint density at radius 3 is 2.92 bits per heavy atom. The predicted molar refractivity (Wildman–Crippen MR) is 95.8 cm³/mol. The number of H-pyrrole nitrogens is 1. The zero-order valence-electron chi connectivity index (χ0n) is 14.7. The van der Waals surface area contributed by atoms with Crippen LogP contribution in [0.5, 0.6) is 0 Å². The van der Waals surface area contributed by atoms with Gasteiger partial charge in [0.15, 0.2) is 0 Å². The largest absolute Gasteiger partial charge is 0.376 e. The van der Waals surface area contributed by atoms with Crippen LogP contribution in [0.2, 0.25) is 0 Å². The Balaban J connectivity index is 1.48. The lowest BCUT2D eigenvalue weighted by Gasteiger charge is -2.38. The summed E-state index contributed by atoms with van der Waals surface area (Å²) in [6, 6.07) is 10.5. The molecule has 0 bridgehead atoms. The van der Waals surface area contributed by atoms with E-state index in [1.165, 1.54) is 29.8 Å². The van der Waals surface area contributed by atoms with Gasteiger partial charge < -0.3 is 4.74 Å². The number of aromatic amines is 1. The highest BCUT2D eigenvalue weighted by Crippen LogP contribution is 2.32. The number of benzene rings is 1. The molecule has 2 aliphatic heterocycles. The molecular formula is C20H27N3O. The van der Waals surface area contributed by atoms with Crippen molar-refractivity contribution in [2.75, 3.05) is 19.7 Å². The summed E-state index contributed by atoms with van der Waals surface area (Å²) < 4.78 is 5.87. The Morgan fingerprint density at radius 1 is 1.29 bits per heavy atom. The summed E-state index contributed by atoms with van der Waals surface area (Å²) in [5.41, 5.74) is 5.08. The van der Waals surface area contributed by atoms with E-state index in [1.54, 1.807) is 0 Å². The molecule has 24 heavy (non-hydrogen) atoms. The number of hydrogen-bond donors (Lipinski definition) is 1. The van der Waals surface area contributed by atoms with E-state index in [2.05, 4.69) is 59.3 Å². The maximum absolute atomic E-state index is 5.87. The third-order valence-electron chi connectivity index (χ3n) is 5.38. The summed E-state index contributed by atoms with van der Waals surface area (Å²) >= 11 is 0. The first-order chi connectivity index (χ1) is 11.6. The molecule has 1 fully saturated rings. The summed E-state index contributed by atoms with van der Waals surface area (Å²) in [4.78, 5) is 2.61. The molecule has 2 aliphatic rings. The van der Waals surface area contributed by atoms with Crippen LogP contribution in [0.3, 0.4) is 0 Å². The van der Waals surface area contributed by atoms with Gasteiger partial charge in [0.2, 0.25) is 0 Å². The first kappa shape index (κ1) is 15.9. The normalized spacial score (nSPS) is 23.8. The van der Waals surface area contributed by atoms with Crippen molar-refractivity contribution in [3.8, 4) is 11.3 Å². The molecule has 0 amide bonds. The fourth-order valence-electron chi connectivity index (χ4n) is 4.22. The second kappa shape index (κ2) is 6.34. The Hall–Kier alpha value is -1.65. The first-order valence-electron chi connectivity index (χ1n) is 9.08. The van der Waals surface area contributed by atoms with E-state index >= 15 is 0 Å². The van der Waals surface area contributed by atoms with Gasteiger partial charge >= 0.3 is 0 Å². The van der Waals surface area contributed by atoms with Crippen molar-refractivity contribution >= 4 is 0 Å². The monoisotopic (exact) mass is 325 g/mol. The number of aromatic nitrogens is 2. The zero-order chi connectivity index (χ0) is 16.6. The molecule has 0 spiro atoms. The average Bonchev–Trinajstić information content (AvgIpc) is 2.98. The lowest BCUT2D eigenvalue weighted by molar-refractivity contribution is -0.0773. The third kappa shape index (κ3) is 3.26. The molecule has 0 saturated carbocycles. The van der Waals surface area contributed by atoms with Crippen molar-refractivity contribution in [2.45, 2.75) is 45.3 Å². The highest BCUT2D eigenvalue weighted by Gasteiger charge is 2.31. The average molecular weight is 325 g/mol. The number of ether oxygens (including phenoxy) is 1. The van der Waals surface area contributed by atoms with Crippen molar-refractivity contribution in [1.29, 1.82) is 0 Å². The fraction of sp³-hybridized carbons (Fsp3) is 0.550. The molecule has 4 rings (SSSR count). The van der Waals surface area contributed by atoms with E-state index in [0.29, 0.717) is 0 Å². The Kier molecular flexibility index (Phi) is 4.19. The minimum absolute atomic E-state index is 0.0364. The summed E-state index contributed by atoms with van der Waals surface area (Å²) in [7, 11) is 0. The zero-order valence-corrected chi connectivity index (χ0v) is 14.7. The SMILES string of the molecule is CC1(C)CC(CN2CCc3[nH]nc(-c4ccccc4)c3C2)CCO1. The van der Waals surface area contributed by atoms with Crippen LogP contribution in [0, 0.1) is 5.92 Å². The molecule has 1 aromatic heterocycles. The number of rotatable bonds is 3. The van der Waals surface area contributed by atoms with Gasteiger partial charge in [-0.25, -0.2) is 0 Å². The maximum atomic E-state index is 5.87. The first-order valence-corrected chi connectivity index (χ1v) is 9.08. The van der Waals surface area contributed by atoms with Crippen LogP contribution in [0.25, 0.3) is 11.3 Å². The summed E-state index contributed by atoms with van der Waals surface area (Å²) in [5, 5.41) is 7.87. The fourth-order valence-corrected chi connectivity index (χ4v) is 4.22. The molecule has 1 saturated heterocycles. The van der Waals surface area contributed by atoms with Crippen molar-refractivity contribution in [3.63, 3.8) is 0 Å². The molecule has 3 heterocycles. The lowest BCUT2D eigenvalue weighted by Crippen LogP contribution is -2.41. The van der Waals surface area contributed by atoms with Gasteiger partial charge in [0.1, 0.15) is 0 Å². The van der Waals surface area contributed by atoms with Gasteiger partial charge in [-0.15, -0.1) is 0 Å². The Bertz CT molecular complexity index is 692. The van der Waals surface area contributed by atoms with Gasteiger partial charge in [0.05, 0.1) is 11.3 Å². The Morgan fingerprint density at radius 2 is 2.12 bits per heavy atom. The standard InChI is InChI=1S/C20H27N3O/c1-20(2)12-15(9-11-24-20)13-23-10-8-18-17(14-23)19(22-21-18)16-6-4-3-5-7-16/h3-7,15H,8-14H2,1-2H3,(H,21,22). The van der Waals surface area contributed by atoms with E-state index < -0.39 is 0 Å². The van der Waals surface area contributed by atoms with Crippen molar-refractivity contribution in [3.05, 3.63) is 41.6 Å². The number of hydrogen-bond acceptors (Lipinski definition) is 3. The highest BCUT2D eigenvalue weighted by atomic mass is 16.5. The van der Waals surface area contributed by atoms with Gasteiger partial charge in [-0.1, -0.05) is 30.3 Å². The van der Waals surface area contributed by atoms with Crippen LogP contribution >= 0.6 is 0 Å². The van der Waals surface area contributed by atoms with E-state index in [9.17, 15) is 0 Å². The smallest absolute Gasteiger partial charge is 0.0968 e. The quantitative estimate of drug-likeness (QED) is 0.937. The third-order valence-corrected chi connectivity index (χ3v) is 5.38. The van der Waals surface area contributed by atoms with Crippen LogP contribution in [0.1, 0.15) is 37.9 Å². The summed E-state index contributed by atoms with van der Waals surface area (Å²) in [6.07, 6.45) is 3.42. The lowest BCUT2D eigenvalue weighted by atomic mass is 9.87. The van der Waals surface area contributed by atoms with E-state index in [4.69, 9.17) is 4.74 Å². The van der Waals surface area contributed by atoms with Crippen LogP contribution in [-0.4, -0.2) is 40.4 Å². The van der Waals surface area contributed by atoms with Gasteiger partial charge in [0, 0.05) is 49.5 Å². The van der Waals surface area contributed by atoms with Crippen LogP contribution in [0.4, 0.5) is 0 Å². The van der Waals surface area contributed by atoms with Crippen molar-refractivity contribution < 1.29 is 4.74 Å². The van der Waals surface area contributed by atoms with E-state index in [-0.39, 0.29) is 5.60 Å². The Labute approximate surface area is 144 Å². The van der Waals surface area contributed by atoms with Crippen molar-refractivity contribution in [2.24, 2.45) is 5.92 Å². The number of nitrogens with one attached hydrogen (secondary N) is 1. The number of fused-ring (bicyclic) bond motifs is 1. The van der Waals surface area contributed by atoms with Gasteiger partial charge in [-0.2, -0.15) is 5.10 Å². The van der Waals surface area contributed by atoms with Gasteiger partial charge in [0.25, 0.3) is 0 Å². The second-order valence-electron chi connectivity index (χ2n) is 7.85. The van der Waals surface area contributed by atoms with Crippen molar-refractivity contribution in [1.82, 2.24) is 15.1 Å². The molecule has 1 atom stereocenters. The van der Waals surface area contributed by atoms with E-state index in [1.807, 2.05) is 0 Å². The molecule has 128 valence electrons. The van der Waals surface area contributed by atoms with Crippen LogP contribution in [-0.2, 0) is 17.7 Å². The molecule has 1 aromatic carbocycles. The van der Waals surface area contributed by atoms with Gasteiger partial charge in [-0.05, 0) is 32.6 Å². The molecule has 0 radical (unpaired) electrons. The summed E-state index contributed by atoms with van der Waals surface area (Å²) in [6.45, 7) is 8.65. The highest BCUT2D eigenvalue weighted by molar-refractivity contribution is 5.64. The van der Waals surface area contributed by atoms with Gasteiger partial charge in [-0.3, -0.25) is 10.00 Å². The topological polar surface area (TPSA) is 41.2 Å². The van der Waals surface area contributed by atoms with E-state index in [0.717, 1.165) is 44.1 Å². The molecule has 0 aliphatic carbocycles. The molecule has 1 N–H and O–H groups in total. The minimum atomic E-state index is 0.0364. The van der Waals surface area contributed by atoms with Crippen LogP contribution in [0.15, 0.2) is 30.3 Å². The maximum Gasteiger partial charge on any atom is 0.0968 e. The second-order valence-corrected chi connectivity index (χ2v) is 7.85.